The zero-order chi connectivity index (χ0) is 23.9. The Morgan fingerprint density at radius 2 is 2.03 bits per heavy atom. The molecule has 1 unspecified atom stereocenters. The van der Waals surface area contributed by atoms with Crippen molar-refractivity contribution in [3.63, 3.8) is 0 Å². The van der Waals surface area contributed by atoms with Crippen LogP contribution < -0.4 is 21.8 Å². The number of nitrogens with zero attached hydrogens (tertiary/aromatic N) is 4. The number of nitrogens with one attached hydrogen (secondary N) is 2. The molecule has 176 valence electrons. The fourth-order valence-corrected chi connectivity index (χ4v) is 5.61. The average Bonchev–Trinajstić information content (AvgIpc) is 3.41. The summed E-state index contributed by atoms with van der Waals surface area (Å²) in [4.78, 5) is 40.0. The fraction of sp³-hybridized carbons (Fsp3) is 0.318. The Labute approximate surface area is 207 Å². The number of halogens is 1. The molecule has 3 aromatic rings. The molecule has 0 saturated carbocycles. The minimum atomic E-state index is -0.532. The molecule has 0 bridgehead atoms. The van der Waals surface area contributed by atoms with Crippen LogP contribution in [0.2, 0.25) is 5.15 Å². The first-order valence-electron chi connectivity index (χ1n) is 10.8. The van der Waals surface area contributed by atoms with E-state index in [-0.39, 0.29) is 28.1 Å². The molecule has 2 aromatic heterocycles. The van der Waals surface area contributed by atoms with E-state index in [1.807, 2.05) is 17.0 Å². The van der Waals surface area contributed by atoms with Gasteiger partial charge in [-0.05, 0) is 35.2 Å². The van der Waals surface area contributed by atoms with Crippen LogP contribution in [0.3, 0.4) is 0 Å². The number of nitrogen functional groups attached to an aromatic ring is 1. The topological polar surface area (TPSA) is 126 Å². The number of aromatic nitrogens is 2. The predicted octanol–water partition coefficient (Wildman–Crippen LogP) is 1.72. The van der Waals surface area contributed by atoms with E-state index in [9.17, 15) is 9.59 Å². The molecule has 1 aromatic carbocycles. The number of nitrogens with two attached hydrogens (primary N) is 1. The summed E-state index contributed by atoms with van der Waals surface area (Å²) in [6.45, 7) is 1.79. The number of aliphatic imine (C=N–C) groups is 1. The van der Waals surface area contributed by atoms with E-state index in [1.54, 1.807) is 11.3 Å². The quantitative estimate of drug-likeness (QED) is 0.456. The number of hydrogen-bond donors (Lipinski definition) is 3. The molecule has 0 aliphatic carbocycles. The standard InChI is InChI=1S/C22H23ClN7O2PS/c23-17-20(33)27-18(24)16(26-17)19(32)28-21-25-11-22(29-21)5-7-30(8-6-22)15(31)9-12-10-34-14-4-2-1-3-13(12)14/h1-4,10H,5-9,11,33H2,(H2,24,27)(H2,25,28,29,32). The second-order valence-electron chi connectivity index (χ2n) is 8.47. The predicted molar refractivity (Wildman–Crippen MR) is 138 cm³/mol. The van der Waals surface area contributed by atoms with Crippen LogP contribution in [0.4, 0.5) is 5.82 Å². The van der Waals surface area contributed by atoms with Crippen LogP contribution in [-0.4, -0.2) is 57.8 Å². The van der Waals surface area contributed by atoms with Gasteiger partial charge in [0.1, 0.15) is 0 Å². The summed E-state index contributed by atoms with van der Waals surface area (Å²) in [5, 5.41) is 9.37. The van der Waals surface area contributed by atoms with Gasteiger partial charge >= 0.3 is 0 Å². The van der Waals surface area contributed by atoms with E-state index in [1.165, 1.54) is 4.70 Å². The van der Waals surface area contributed by atoms with Crippen molar-refractivity contribution < 1.29 is 9.59 Å². The summed E-state index contributed by atoms with van der Waals surface area (Å²) in [6, 6.07) is 8.16. The molecule has 2 aliphatic heterocycles. The van der Waals surface area contributed by atoms with E-state index >= 15 is 0 Å². The van der Waals surface area contributed by atoms with Gasteiger partial charge in [0.15, 0.2) is 22.6 Å². The van der Waals surface area contributed by atoms with E-state index in [2.05, 4.69) is 52.3 Å². The molecule has 4 N–H and O–H groups in total. The Kier molecular flexibility index (Phi) is 6.14. The number of rotatable bonds is 3. The summed E-state index contributed by atoms with van der Waals surface area (Å²) >= 11 is 7.64. The number of piperidine rings is 1. The third-order valence-corrected chi connectivity index (χ3v) is 8.13. The van der Waals surface area contributed by atoms with Gasteiger partial charge in [0.2, 0.25) is 5.91 Å². The van der Waals surface area contributed by atoms with Crippen molar-refractivity contribution in [1.29, 1.82) is 0 Å². The first-order chi connectivity index (χ1) is 16.3. The zero-order valence-electron chi connectivity index (χ0n) is 18.2. The molecule has 2 aliphatic rings. The number of fused-ring (bicyclic) bond motifs is 1. The summed E-state index contributed by atoms with van der Waals surface area (Å²) in [7, 11) is 2.32. The molecule has 9 nitrogen and oxygen atoms in total. The van der Waals surface area contributed by atoms with Crippen LogP contribution in [0.5, 0.6) is 0 Å². The van der Waals surface area contributed by atoms with Gasteiger partial charge in [-0.2, -0.15) is 0 Å². The van der Waals surface area contributed by atoms with Crippen molar-refractivity contribution in [3.05, 3.63) is 46.1 Å². The van der Waals surface area contributed by atoms with E-state index < -0.39 is 5.91 Å². The molecule has 12 heteroatoms. The summed E-state index contributed by atoms with van der Waals surface area (Å²) in [6.07, 6.45) is 1.88. The monoisotopic (exact) mass is 515 g/mol. The number of carbonyl (C=O) groups excluding carboxylic acids is 2. The van der Waals surface area contributed by atoms with Crippen LogP contribution in [0, 0.1) is 0 Å². The minimum Gasteiger partial charge on any atom is -0.382 e. The number of carbonyl (C=O) groups is 2. The van der Waals surface area contributed by atoms with Crippen molar-refractivity contribution in [2.45, 2.75) is 24.8 Å². The maximum atomic E-state index is 13.0. The van der Waals surface area contributed by atoms with Gasteiger partial charge in [-0.1, -0.05) is 39.0 Å². The van der Waals surface area contributed by atoms with Gasteiger partial charge in [0, 0.05) is 17.8 Å². The highest BCUT2D eigenvalue weighted by Gasteiger charge is 2.40. The molecule has 1 fully saturated rings. The molecule has 1 saturated heterocycles. The Bertz CT molecular complexity index is 1320. The van der Waals surface area contributed by atoms with Crippen molar-refractivity contribution in [2.24, 2.45) is 4.99 Å². The summed E-state index contributed by atoms with van der Waals surface area (Å²) in [5.41, 5.74) is 6.94. The molecule has 4 heterocycles. The lowest BCUT2D eigenvalue weighted by Gasteiger charge is -2.39. The number of thiophene rings is 1. The molecule has 34 heavy (non-hydrogen) atoms. The van der Waals surface area contributed by atoms with Crippen LogP contribution in [0.15, 0.2) is 34.6 Å². The smallest absolute Gasteiger partial charge is 0.280 e. The highest BCUT2D eigenvalue weighted by molar-refractivity contribution is 7.27. The Morgan fingerprint density at radius 3 is 2.82 bits per heavy atom. The third-order valence-electron chi connectivity index (χ3n) is 6.25. The van der Waals surface area contributed by atoms with E-state index in [0.717, 1.165) is 23.8 Å². The molecule has 2 amide bonds. The number of anilines is 1. The summed E-state index contributed by atoms with van der Waals surface area (Å²) in [5.74, 6) is -0.0441. The SMILES string of the molecule is Nc1nc(P)c(Cl)nc1C(=O)NC1=NCC2(CCN(C(=O)Cc3csc4ccccc34)CC2)N1. The maximum absolute atomic E-state index is 13.0. The van der Waals surface area contributed by atoms with Gasteiger partial charge in [-0.25, -0.2) is 9.97 Å². The van der Waals surface area contributed by atoms with Crippen LogP contribution in [0.25, 0.3) is 10.1 Å². The van der Waals surface area contributed by atoms with Crippen LogP contribution >= 0.6 is 32.2 Å². The molecule has 1 atom stereocenters. The van der Waals surface area contributed by atoms with Gasteiger partial charge in [0.05, 0.1) is 23.9 Å². The van der Waals surface area contributed by atoms with E-state index in [4.69, 9.17) is 17.3 Å². The molecule has 1 spiro atoms. The largest absolute Gasteiger partial charge is 0.382 e. The van der Waals surface area contributed by atoms with Gasteiger partial charge < -0.3 is 16.0 Å². The first kappa shape index (κ1) is 23.0. The number of guanidine groups is 1. The van der Waals surface area contributed by atoms with Crippen molar-refractivity contribution >= 4 is 71.3 Å². The van der Waals surface area contributed by atoms with Crippen molar-refractivity contribution in [2.75, 3.05) is 25.4 Å². The second kappa shape index (κ2) is 9.09. The van der Waals surface area contributed by atoms with Crippen molar-refractivity contribution in [1.82, 2.24) is 25.5 Å². The number of amides is 2. The lowest BCUT2D eigenvalue weighted by atomic mass is 9.88. The van der Waals surface area contributed by atoms with Gasteiger partial charge in [-0.3, -0.25) is 19.9 Å². The molecular formula is C22H23ClN7O2PS. The normalized spacial score (nSPS) is 17.0. The van der Waals surface area contributed by atoms with Crippen LogP contribution in [-0.2, 0) is 11.2 Å². The molecule has 0 radical (unpaired) electrons. The third kappa shape index (κ3) is 4.45. The van der Waals surface area contributed by atoms with E-state index in [0.29, 0.717) is 37.4 Å². The fourth-order valence-electron chi connectivity index (χ4n) is 4.32. The minimum absolute atomic E-state index is 0.00886. The first-order valence-corrected chi connectivity index (χ1v) is 12.6. The molecule has 5 rings (SSSR count). The highest BCUT2D eigenvalue weighted by Crippen LogP contribution is 2.29. The number of likely N-dealkylation sites (tertiary alicyclic amines) is 1. The lowest BCUT2D eigenvalue weighted by Crippen LogP contribution is -2.57. The van der Waals surface area contributed by atoms with Crippen molar-refractivity contribution in [3.8, 4) is 0 Å². The van der Waals surface area contributed by atoms with Gasteiger partial charge in [0.25, 0.3) is 5.91 Å². The average molecular weight is 516 g/mol. The number of benzene rings is 1. The summed E-state index contributed by atoms with van der Waals surface area (Å²) < 4.78 is 1.20. The Hall–Kier alpha value is -2.81. The lowest BCUT2D eigenvalue weighted by molar-refractivity contribution is -0.132. The highest BCUT2D eigenvalue weighted by atomic mass is 35.5. The Morgan fingerprint density at radius 1 is 1.26 bits per heavy atom. The molecular weight excluding hydrogens is 493 g/mol. The van der Waals surface area contributed by atoms with Crippen LogP contribution in [0.1, 0.15) is 28.9 Å². The Balaban J connectivity index is 1.16. The zero-order valence-corrected chi connectivity index (χ0v) is 20.9. The maximum Gasteiger partial charge on any atom is 0.280 e. The van der Waals surface area contributed by atoms with Gasteiger partial charge in [-0.15, -0.1) is 11.3 Å². The second-order valence-corrected chi connectivity index (χ2v) is 10.3. The number of hydrogen-bond acceptors (Lipinski definition) is 8.